The molecule has 1 aromatic carbocycles. The second-order valence-corrected chi connectivity index (χ2v) is 7.28. The van der Waals surface area contributed by atoms with Crippen LogP contribution in [0.4, 0.5) is 0 Å². The second-order valence-electron chi connectivity index (χ2n) is 6.01. The summed E-state index contributed by atoms with van der Waals surface area (Å²) in [4.78, 5) is 4.44. The number of rotatable bonds is 2. The zero-order chi connectivity index (χ0) is 14.4. The molecule has 21 heavy (non-hydrogen) atoms. The highest BCUT2D eigenvalue weighted by Gasteiger charge is 2.39. The fourth-order valence-corrected chi connectivity index (χ4v) is 4.33. The first-order valence-corrected chi connectivity index (χ1v) is 8.55. The zero-order valence-corrected chi connectivity index (χ0v) is 13.9. The van der Waals surface area contributed by atoms with Gasteiger partial charge in [0.25, 0.3) is 0 Å². The van der Waals surface area contributed by atoms with Crippen LogP contribution in [0.15, 0.2) is 41.0 Å². The van der Waals surface area contributed by atoms with Crippen molar-refractivity contribution in [3.63, 3.8) is 0 Å². The molecule has 2 fully saturated rings. The van der Waals surface area contributed by atoms with Crippen LogP contribution in [0.5, 0.6) is 0 Å². The lowest BCUT2D eigenvalue weighted by atomic mass is 9.84. The van der Waals surface area contributed by atoms with Crippen molar-refractivity contribution >= 4 is 27.5 Å². The van der Waals surface area contributed by atoms with E-state index < -0.39 is 0 Å². The van der Waals surface area contributed by atoms with Crippen molar-refractivity contribution in [1.29, 1.82) is 0 Å². The van der Waals surface area contributed by atoms with Gasteiger partial charge in [-0.3, -0.25) is 0 Å². The van der Waals surface area contributed by atoms with Crippen LogP contribution >= 0.6 is 27.5 Å². The lowest BCUT2D eigenvalue weighted by Crippen LogP contribution is -2.21. The van der Waals surface area contributed by atoms with Crippen molar-refractivity contribution in [3.05, 3.63) is 51.7 Å². The van der Waals surface area contributed by atoms with Crippen molar-refractivity contribution in [2.45, 2.75) is 37.3 Å². The lowest BCUT2D eigenvalue weighted by molar-refractivity contribution is 0.505. The zero-order valence-electron chi connectivity index (χ0n) is 11.5. The monoisotopic (exact) mass is 362 g/mol. The molecular formula is C17H16BrClN2. The molecule has 4 heteroatoms. The first-order chi connectivity index (χ1) is 10.2. The first-order valence-electron chi connectivity index (χ1n) is 7.38. The average Bonchev–Trinajstić information content (AvgIpc) is 3.10. The van der Waals surface area contributed by atoms with Gasteiger partial charge >= 0.3 is 0 Å². The van der Waals surface area contributed by atoms with Gasteiger partial charge in [0.1, 0.15) is 5.15 Å². The van der Waals surface area contributed by atoms with E-state index in [0.717, 1.165) is 15.6 Å². The molecule has 0 spiro atoms. The molecule has 0 unspecified atom stereocenters. The van der Waals surface area contributed by atoms with Gasteiger partial charge in [0.15, 0.2) is 0 Å². The Hall–Kier alpha value is -0.900. The number of pyridine rings is 1. The van der Waals surface area contributed by atoms with Crippen LogP contribution in [-0.4, -0.2) is 17.1 Å². The molecule has 0 amide bonds. The topological polar surface area (TPSA) is 24.9 Å². The minimum atomic E-state index is 0.577. The molecule has 0 aliphatic carbocycles. The minimum Gasteiger partial charge on any atom is -0.311 e. The van der Waals surface area contributed by atoms with E-state index in [1.165, 1.54) is 24.8 Å². The number of halogens is 2. The summed E-state index contributed by atoms with van der Waals surface area (Å²) in [6, 6.07) is 11.8. The van der Waals surface area contributed by atoms with Gasteiger partial charge in [-0.1, -0.05) is 39.7 Å². The van der Waals surface area contributed by atoms with Gasteiger partial charge in [0, 0.05) is 34.2 Å². The Morgan fingerprint density at radius 1 is 1.24 bits per heavy atom. The summed E-state index contributed by atoms with van der Waals surface area (Å²) in [6.45, 7) is 0. The number of nitrogens with one attached hydrogen (secondary N) is 1. The van der Waals surface area contributed by atoms with Crippen LogP contribution in [0, 0.1) is 0 Å². The maximum Gasteiger partial charge on any atom is 0.136 e. The molecule has 2 aromatic rings. The number of hydrogen-bond donors (Lipinski definition) is 1. The normalized spacial score (nSPS) is 27.2. The van der Waals surface area contributed by atoms with Crippen molar-refractivity contribution in [2.24, 2.45) is 0 Å². The summed E-state index contributed by atoms with van der Waals surface area (Å²) in [5.41, 5.74) is 3.45. The van der Waals surface area contributed by atoms with Crippen molar-refractivity contribution in [2.75, 3.05) is 0 Å². The van der Waals surface area contributed by atoms with Crippen molar-refractivity contribution in [3.8, 4) is 11.1 Å². The fourth-order valence-electron chi connectivity index (χ4n) is 3.72. The van der Waals surface area contributed by atoms with Crippen LogP contribution < -0.4 is 5.32 Å². The summed E-state index contributed by atoms with van der Waals surface area (Å²) in [7, 11) is 0. The molecule has 0 saturated carbocycles. The second kappa shape index (κ2) is 5.38. The smallest absolute Gasteiger partial charge is 0.136 e. The molecule has 2 aliphatic rings. The molecule has 108 valence electrons. The van der Waals surface area contributed by atoms with E-state index in [-0.39, 0.29) is 0 Å². The van der Waals surface area contributed by atoms with Crippen LogP contribution in [-0.2, 0) is 0 Å². The highest BCUT2D eigenvalue weighted by atomic mass is 79.9. The van der Waals surface area contributed by atoms with Crippen molar-refractivity contribution < 1.29 is 0 Å². The Balaban J connectivity index is 1.73. The molecule has 2 nitrogen and oxygen atoms in total. The van der Waals surface area contributed by atoms with Crippen LogP contribution in [0.2, 0.25) is 5.15 Å². The van der Waals surface area contributed by atoms with E-state index in [4.69, 9.17) is 11.6 Å². The molecule has 1 aromatic heterocycles. The highest BCUT2D eigenvalue weighted by Crippen LogP contribution is 2.41. The number of nitrogens with zero attached hydrogens (tertiary/aromatic N) is 1. The summed E-state index contributed by atoms with van der Waals surface area (Å²) >= 11 is 9.85. The van der Waals surface area contributed by atoms with Crippen LogP contribution in [0.1, 0.15) is 30.7 Å². The first kappa shape index (κ1) is 13.7. The molecule has 3 heterocycles. The largest absolute Gasteiger partial charge is 0.311 e. The average molecular weight is 364 g/mol. The van der Waals surface area contributed by atoms with E-state index in [1.54, 1.807) is 0 Å². The Morgan fingerprint density at radius 2 is 2.14 bits per heavy atom. The number of hydrogen-bond acceptors (Lipinski definition) is 2. The van der Waals surface area contributed by atoms with E-state index in [9.17, 15) is 0 Å². The summed E-state index contributed by atoms with van der Waals surface area (Å²) < 4.78 is 1.06. The van der Waals surface area contributed by atoms with E-state index in [2.05, 4.69) is 44.4 Å². The fraction of sp³-hybridized carbons (Fsp3) is 0.353. The quantitative estimate of drug-likeness (QED) is 0.777. The van der Waals surface area contributed by atoms with Crippen molar-refractivity contribution in [1.82, 2.24) is 10.3 Å². The third-order valence-electron chi connectivity index (χ3n) is 4.72. The number of fused-ring (bicyclic) bond motifs is 2. The van der Waals surface area contributed by atoms with Gasteiger partial charge in [-0.05, 0) is 48.6 Å². The summed E-state index contributed by atoms with van der Waals surface area (Å²) in [6.07, 6.45) is 5.79. The standard InChI is InChI=1S/C17H16BrClN2/c18-12-3-1-2-10(6-12)15-7-11(9-20-17(15)19)14-8-13-4-5-16(14)21-13/h1-3,6-7,9,13-14,16,21H,4-5,8H2/t13-,14+,16+/m0/s1. The molecule has 2 saturated heterocycles. The van der Waals surface area contributed by atoms with Gasteiger partial charge in [-0.25, -0.2) is 4.98 Å². The number of aromatic nitrogens is 1. The van der Waals surface area contributed by atoms with E-state index in [0.29, 0.717) is 23.2 Å². The van der Waals surface area contributed by atoms with E-state index in [1.807, 2.05) is 18.3 Å². The summed E-state index contributed by atoms with van der Waals surface area (Å²) in [5.74, 6) is 0.583. The molecule has 3 atom stereocenters. The molecule has 4 rings (SSSR count). The molecule has 1 N–H and O–H groups in total. The SMILES string of the molecule is Clc1ncc([C@H]2C[C@@H]3CC[C@H]2N3)cc1-c1cccc(Br)c1. The maximum atomic E-state index is 6.33. The van der Waals surface area contributed by atoms with Crippen LogP contribution in [0.25, 0.3) is 11.1 Å². The highest BCUT2D eigenvalue weighted by molar-refractivity contribution is 9.10. The van der Waals surface area contributed by atoms with Gasteiger partial charge in [-0.15, -0.1) is 0 Å². The van der Waals surface area contributed by atoms with Gasteiger partial charge < -0.3 is 5.32 Å². The van der Waals surface area contributed by atoms with Crippen LogP contribution in [0.3, 0.4) is 0 Å². The van der Waals surface area contributed by atoms with Gasteiger partial charge in [0.2, 0.25) is 0 Å². The van der Waals surface area contributed by atoms with Gasteiger partial charge in [-0.2, -0.15) is 0 Å². The molecular weight excluding hydrogens is 348 g/mol. The molecule has 0 radical (unpaired) electrons. The predicted molar refractivity (Wildman–Crippen MR) is 89.7 cm³/mol. The number of benzene rings is 1. The Morgan fingerprint density at radius 3 is 2.86 bits per heavy atom. The Bertz CT molecular complexity index is 688. The Labute approximate surface area is 138 Å². The third-order valence-corrected chi connectivity index (χ3v) is 5.52. The minimum absolute atomic E-state index is 0.577. The third kappa shape index (κ3) is 2.52. The summed E-state index contributed by atoms with van der Waals surface area (Å²) in [5, 5.41) is 4.27. The van der Waals surface area contributed by atoms with E-state index >= 15 is 0 Å². The maximum absolute atomic E-state index is 6.33. The predicted octanol–water partition coefficient (Wildman–Crippen LogP) is 4.77. The lowest BCUT2D eigenvalue weighted by Gasteiger charge is -2.21. The Kier molecular flexibility index (Phi) is 3.52. The van der Waals surface area contributed by atoms with Gasteiger partial charge in [0.05, 0.1) is 0 Å². The molecule has 2 aliphatic heterocycles. The molecule has 2 bridgehead atoms.